The van der Waals surface area contributed by atoms with E-state index in [-0.39, 0.29) is 18.4 Å². The van der Waals surface area contributed by atoms with Gasteiger partial charge in [-0.1, -0.05) is 12.1 Å². The minimum atomic E-state index is -0.364. The van der Waals surface area contributed by atoms with Crippen molar-refractivity contribution in [2.24, 2.45) is 11.6 Å². The number of nitrogens with two attached hydrogens (primary N) is 2. The minimum absolute atomic E-state index is 0.195. The molecule has 0 aliphatic heterocycles. The highest BCUT2D eigenvalue weighted by Crippen LogP contribution is 2.17. The Bertz CT molecular complexity index is 730. The Morgan fingerprint density at radius 1 is 1.17 bits per heavy atom. The van der Waals surface area contributed by atoms with Gasteiger partial charge in [-0.25, -0.2) is 10.8 Å². The van der Waals surface area contributed by atoms with E-state index < -0.39 is 0 Å². The number of nitrogens with one attached hydrogen (secondary N) is 2. The lowest BCUT2D eigenvalue weighted by Crippen LogP contribution is -2.31. The molecule has 0 unspecified atom stereocenters. The van der Waals surface area contributed by atoms with Gasteiger partial charge >= 0.3 is 0 Å². The van der Waals surface area contributed by atoms with E-state index in [4.69, 9.17) is 11.6 Å². The molecule has 1 aromatic heterocycles. The van der Waals surface area contributed by atoms with E-state index in [2.05, 4.69) is 20.7 Å². The van der Waals surface area contributed by atoms with Crippen molar-refractivity contribution in [2.75, 3.05) is 5.32 Å². The molecule has 2 aromatic rings. The molecule has 0 bridgehead atoms. The third-order valence-corrected chi connectivity index (χ3v) is 3.51. The fourth-order valence-electron chi connectivity index (χ4n) is 2.39. The Balaban J connectivity index is 2.11. The molecule has 0 aliphatic carbocycles. The van der Waals surface area contributed by atoms with Gasteiger partial charge in [0.15, 0.2) is 5.82 Å². The zero-order valence-corrected chi connectivity index (χ0v) is 13.4. The van der Waals surface area contributed by atoms with Crippen LogP contribution in [0, 0.1) is 0 Å². The van der Waals surface area contributed by atoms with Crippen molar-refractivity contribution in [3.8, 4) is 0 Å². The van der Waals surface area contributed by atoms with Crippen LogP contribution in [0.25, 0.3) is 0 Å². The molecule has 0 aliphatic rings. The predicted molar refractivity (Wildman–Crippen MR) is 89.7 cm³/mol. The number of hydrogen-bond donors (Lipinski definition) is 4. The van der Waals surface area contributed by atoms with Crippen molar-refractivity contribution in [2.45, 2.75) is 26.3 Å². The van der Waals surface area contributed by atoms with Crippen LogP contribution in [0.1, 0.15) is 34.1 Å². The van der Waals surface area contributed by atoms with Crippen molar-refractivity contribution in [1.29, 1.82) is 0 Å². The van der Waals surface area contributed by atoms with Crippen LogP contribution in [-0.4, -0.2) is 21.8 Å². The fraction of sp³-hybridized carbons (Fsp3) is 0.250. The van der Waals surface area contributed by atoms with Crippen molar-refractivity contribution in [3.63, 3.8) is 0 Å². The molecule has 2 amide bonds. The lowest BCUT2D eigenvalue weighted by Gasteiger charge is -2.12. The van der Waals surface area contributed by atoms with Crippen molar-refractivity contribution in [1.82, 2.24) is 15.4 Å². The number of benzene rings is 1. The molecule has 126 valence electrons. The molecule has 24 heavy (non-hydrogen) atoms. The van der Waals surface area contributed by atoms with E-state index in [0.717, 1.165) is 16.8 Å². The van der Waals surface area contributed by atoms with Gasteiger partial charge in [0.1, 0.15) is 0 Å². The maximum absolute atomic E-state index is 11.8. The number of hydrazine groups is 1. The van der Waals surface area contributed by atoms with E-state index >= 15 is 0 Å². The van der Waals surface area contributed by atoms with Gasteiger partial charge in [-0.15, -0.1) is 0 Å². The maximum atomic E-state index is 11.8. The largest absolute Gasteiger partial charge is 0.326 e. The lowest BCUT2D eigenvalue weighted by molar-refractivity contribution is -0.114. The number of carbonyl (C=O) groups is 2. The second-order valence-electron chi connectivity index (χ2n) is 5.19. The van der Waals surface area contributed by atoms with Crippen LogP contribution < -0.4 is 22.3 Å². The summed E-state index contributed by atoms with van der Waals surface area (Å²) in [5.41, 5.74) is 10.9. The first-order chi connectivity index (χ1) is 11.5. The van der Waals surface area contributed by atoms with Crippen molar-refractivity contribution < 1.29 is 9.59 Å². The summed E-state index contributed by atoms with van der Waals surface area (Å²) in [7, 11) is 0. The third-order valence-electron chi connectivity index (χ3n) is 3.51. The minimum Gasteiger partial charge on any atom is -0.326 e. The maximum Gasteiger partial charge on any atom is 0.265 e. The van der Waals surface area contributed by atoms with Crippen LogP contribution in [0.3, 0.4) is 0 Å². The molecule has 1 heterocycles. The molecular weight excluding hydrogens is 308 g/mol. The Kier molecular flexibility index (Phi) is 5.94. The first-order valence-corrected chi connectivity index (χ1v) is 7.45. The summed E-state index contributed by atoms with van der Waals surface area (Å²) in [6.07, 6.45) is 4.42. The number of hydrogen-bond acceptors (Lipinski definition) is 6. The number of nitrogen functional groups attached to an aromatic ring is 1. The topological polar surface area (TPSA) is 136 Å². The molecule has 0 saturated carbocycles. The number of carbonyl (C=O) groups excluding carboxylic acids is 2. The SMILES string of the molecule is CC(=O)Nc1cnc(CCc2cccc(C(=O)NN)c2CN)cn1. The number of rotatable bonds is 6. The molecule has 1 aromatic carbocycles. The molecule has 0 atom stereocenters. The van der Waals surface area contributed by atoms with Gasteiger partial charge in [0.05, 0.1) is 18.1 Å². The monoisotopic (exact) mass is 328 g/mol. The van der Waals surface area contributed by atoms with Gasteiger partial charge < -0.3 is 11.1 Å². The van der Waals surface area contributed by atoms with Crippen LogP contribution in [-0.2, 0) is 24.2 Å². The number of amides is 2. The Hall–Kier alpha value is -2.84. The van der Waals surface area contributed by atoms with E-state index in [9.17, 15) is 9.59 Å². The van der Waals surface area contributed by atoms with Crippen LogP contribution in [0.15, 0.2) is 30.6 Å². The molecule has 6 N–H and O–H groups in total. The van der Waals surface area contributed by atoms with Crippen LogP contribution in [0.5, 0.6) is 0 Å². The average molecular weight is 328 g/mol. The van der Waals surface area contributed by atoms with Gasteiger partial charge in [0.25, 0.3) is 5.91 Å². The average Bonchev–Trinajstić information content (AvgIpc) is 2.59. The molecule has 2 rings (SSSR count). The molecule has 0 radical (unpaired) electrons. The zero-order chi connectivity index (χ0) is 17.5. The summed E-state index contributed by atoms with van der Waals surface area (Å²) in [6.45, 7) is 1.65. The second kappa shape index (κ2) is 8.14. The van der Waals surface area contributed by atoms with Crippen molar-refractivity contribution >= 4 is 17.6 Å². The van der Waals surface area contributed by atoms with Crippen LogP contribution in [0.4, 0.5) is 5.82 Å². The smallest absolute Gasteiger partial charge is 0.265 e. The Morgan fingerprint density at radius 3 is 2.54 bits per heavy atom. The molecule has 0 spiro atoms. The highest BCUT2D eigenvalue weighted by molar-refractivity contribution is 5.95. The highest BCUT2D eigenvalue weighted by Gasteiger charge is 2.13. The normalized spacial score (nSPS) is 10.3. The van der Waals surface area contributed by atoms with Crippen LogP contribution >= 0.6 is 0 Å². The van der Waals surface area contributed by atoms with Crippen LogP contribution in [0.2, 0.25) is 0 Å². The van der Waals surface area contributed by atoms with Gasteiger partial charge in [-0.05, 0) is 30.0 Å². The molecule has 8 heteroatoms. The Morgan fingerprint density at radius 2 is 1.96 bits per heavy atom. The highest BCUT2D eigenvalue weighted by atomic mass is 16.2. The van der Waals surface area contributed by atoms with E-state index in [0.29, 0.717) is 24.2 Å². The molecular formula is C16H20N6O2. The number of nitrogens with zero attached hydrogens (tertiary/aromatic N) is 2. The molecule has 0 saturated heterocycles. The standard InChI is InChI=1S/C16H20N6O2/c1-10(23)21-15-9-19-12(8-20-15)6-5-11-3-2-4-13(14(11)7-17)16(24)22-18/h2-4,8-9H,5-7,17-18H2,1H3,(H,22,24)(H,20,21,23). The van der Waals surface area contributed by atoms with E-state index in [1.165, 1.54) is 13.1 Å². The lowest BCUT2D eigenvalue weighted by atomic mass is 9.96. The van der Waals surface area contributed by atoms with Gasteiger partial charge in [-0.3, -0.25) is 20.0 Å². The summed E-state index contributed by atoms with van der Waals surface area (Å²) in [6, 6.07) is 5.41. The van der Waals surface area contributed by atoms with E-state index in [1.54, 1.807) is 18.3 Å². The first kappa shape index (κ1) is 17.5. The number of aryl methyl sites for hydroxylation is 2. The summed E-state index contributed by atoms with van der Waals surface area (Å²) >= 11 is 0. The molecule has 8 nitrogen and oxygen atoms in total. The van der Waals surface area contributed by atoms with Gasteiger partial charge in [-0.2, -0.15) is 0 Å². The molecule has 0 fully saturated rings. The second-order valence-corrected chi connectivity index (χ2v) is 5.19. The third kappa shape index (κ3) is 4.34. The summed E-state index contributed by atoms with van der Waals surface area (Å²) in [4.78, 5) is 31.2. The zero-order valence-electron chi connectivity index (χ0n) is 13.4. The Labute approximate surface area is 139 Å². The summed E-state index contributed by atoms with van der Waals surface area (Å²) in [5, 5.41) is 2.57. The summed E-state index contributed by atoms with van der Waals surface area (Å²) < 4.78 is 0. The number of aromatic nitrogens is 2. The first-order valence-electron chi connectivity index (χ1n) is 7.45. The number of anilines is 1. The quantitative estimate of drug-likeness (QED) is 0.342. The van der Waals surface area contributed by atoms with E-state index in [1.807, 2.05) is 6.07 Å². The fourth-order valence-corrected chi connectivity index (χ4v) is 2.39. The van der Waals surface area contributed by atoms with Crippen molar-refractivity contribution in [3.05, 3.63) is 53.0 Å². The predicted octanol–water partition coefficient (Wildman–Crippen LogP) is 0.282. The van der Waals surface area contributed by atoms with Gasteiger partial charge in [0.2, 0.25) is 5.91 Å². The van der Waals surface area contributed by atoms with Gasteiger partial charge in [0, 0.05) is 19.0 Å². The summed E-state index contributed by atoms with van der Waals surface area (Å²) in [5.74, 6) is 5.06.